The number of carbonyl (C=O) groups excluding carboxylic acids is 2. The van der Waals surface area contributed by atoms with Crippen molar-refractivity contribution < 1.29 is 9.59 Å². The van der Waals surface area contributed by atoms with E-state index in [1.165, 1.54) is 4.90 Å². The first-order valence-corrected chi connectivity index (χ1v) is 10.8. The van der Waals surface area contributed by atoms with Crippen molar-refractivity contribution in [3.05, 3.63) is 105 Å². The first-order valence-electron chi connectivity index (χ1n) is 10.8. The molecular formula is C28H28N2O2. The maximum Gasteiger partial charge on any atom is 0.278 e. The molecule has 4 nitrogen and oxygen atoms in total. The third kappa shape index (κ3) is 4.22. The molecule has 0 unspecified atom stereocenters. The average molecular weight is 425 g/mol. The number of benzene rings is 3. The van der Waals surface area contributed by atoms with Crippen molar-refractivity contribution in [3.8, 4) is 0 Å². The van der Waals surface area contributed by atoms with Crippen molar-refractivity contribution in [2.24, 2.45) is 0 Å². The Morgan fingerprint density at radius 3 is 1.97 bits per heavy atom. The standard InChI is InChI=1S/C28H28N2O2/c1-17-6-9-22(10-7-17)16-30-27(31)25(23-11-8-20(4)21(5)15-23)26(28(30)32)29-24-13-18(2)12-19(3)14-24/h6-15,29H,16H2,1-5H3. The van der Waals surface area contributed by atoms with Crippen molar-refractivity contribution in [3.63, 3.8) is 0 Å². The van der Waals surface area contributed by atoms with Gasteiger partial charge in [0.1, 0.15) is 5.70 Å². The minimum Gasteiger partial charge on any atom is -0.350 e. The molecule has 3 aromatic rings. The number of hydrogen-bond acceptors (Lipinski definition) is 3. The topological polar surface area (TPSA) is 49.4 Å². The molecular weight excluding hydrogens is 396 g/mol. The third-order valence-electron chi connectivity index (χ3n) is 5.92. The number of nitrogens with zero attached hydrogens (tertiary/aromatic N) is 1. The number of rotatable bonds is 5. The number of aryl methyl sites for hydroxylation is 5. The second-order valence-corrected chi connectivity index (χ2v) is 8.73. The monoisotopic (exact) mass is 424 g/mol. The van der Waals surface area contributed by atoms with E-state index in [1.54, 1.807) is 0 Å². The lowest BCUT2D eigenvalue weighted by atomic mass is 9.99. The van der Waals surface area contributed by atoms with Crippen molar-refractivity contribution in [1.29, 1.82) is 0 Å². The van der Waals surface area contributed by atoms with Crippen LogP contribution in [-0.4, -0.2) is 16.7 Å². The van der Waals surface area contributed by atoms with Crippen LogP contribution in [0, 0.1) is 34.6 Å². The van der Waals surface area contributed by atoms with Crippen LogP contribution in [0.15, 0.2) is 66.4 Å². The lowest BCUT2D eigenvalue weighted by Gasteiger charge is -2.16. The molecule has 0 aromatic heterocycles. The van der Waals surface area contributed by atoms with E-state index in [-0.39, 0.29) is 18.4 Å². The Labute approximate surface area is 189 Å². The molecule has 0 radical (unpaired) electrons. The summed E-state index contributed by atoms with van der Waals surface area (Å²) in [6.07, 6.45) is 0. The van der Waals surface area contributed by atoms with Crippen LogP contribution < -0.4 is 5.32 Å². The van der Waals surface area contributed by atoms with Gasteiger partial charge >= 0.3 is 0 Å². The Balaban J connectivity index is 1.77. The zero-order chi connectivity index (χ0) is 23.0. The van der Waals surface area contributed by atoms with Crippen molar-refractivity contribution in [1.82, 2.24) is 4.90 Å². The fourth-order valence-electron chi connectivity index (χ4n) is 4.07. The molecule has 3 aromatic carbocycles. The predicted octanol–water partition coefficient (Wildman–Crippen LogP) is 5.62. The predicted molar refractivity (Wildman–Crippen MR) is 129 cm³/mol. The largest absolute Gasteiger partial charge is 0.350 e. The Kier molecular flexibility index (Phi) is 5.70. The van der Waals surface area contributed by atoms with Gasteiger partial charge in [-0.05, 0) is 80.1 Å². The van der Waals surface area contributed by atoms with E-state index in [1.807, 2.05) is 89.2 Å². The van der Waals surface area contributed by atoms with Gasteiger partial charge in [-0.15, -0.1) is 0 Å². The molecule has 1 aliphatic heterocycles. The zero-order valence-corrected chi connectivity index (χ0v) is 19.2. The molecule has 0 spiro atoms. The van der Waals surface area contributed by atoms with Gasteiger partial charge in [0.05, 0.1) is 12.1 Å². The minimum atomic E-state index is -0.303. The van der Waals surface area contributed by atoms with E-state index in [0.29, 0.717) is 11.3 Å². The van der Waals surface area contributed by atoms with E-state index >= 15 is 0 Å². The summed E-state index contributed by atoms with van der Waals surface area (Å²) in [5.41, 5.74) is 8.78. The highest BCUT2D eigenvalue weighted by atomic mass is 16.2. The van der Waals surface area contributed by atoms with Crippen LogP contribution in [0.4, 0.5) is 5.69 Å². The molecule has 0 atom stereocenters. The average Bonchev–Trinajstić information content (AvgIpc) is 2.95. The number of hydrogen-bond donors (Lipinski definition) is 1. The summed E-state index contributed by atoms with van der Waals surface area (Å²) in [6.45, 7) is 10.3. The third-order valence-corrected chi connectivity index (χ3v) is 5.92. The first-order chi connectivity index (χ1) is 15.2. The van der Waals surface area contributed by atoms with Gasteiger partial charge in [-0.3, -0.25) is 14.5 Å². The molecule has 1 aliphatic rings. The molecule has 0 bridgehead atoms. The maximum absolute atomic E-state index is 13.5. The normalized spacial score (nSPS) is 13.8. The van der Waals surface area contributed by atoms with Crippen molar-refractivity contribution in [2.75, 3.05) is 5.32 Å². The molecule has 2 amide bonds. The van der Waals surface area contributed by atoms with E-state index in [0.717, 1.165) is 44.6 Å². The molecule has 1 heterocycles. The summed E-state index contributed by atoms with van der Waals surface area (Å²) in [4.78, 5) is 28.3. The highest BCUT2D eigenvalue weighted by Gasteiger charge is 2.39. The molecule has 1 N–H and O–H groups in total. The van der Waals surface area contributed by atoms with Gasteiger partial charge in [0.15, 0.2) is 0 Å². The summed E-state index contributed by atoms with van der Waals surface area (Å²) in [5, 5.41) is 3.28. The number of imide groups is 1. The highest BCUT2D eigenvalue weighted by Crippen LogP contribution is 2.32. The molecule has 0 saturated carbocycles. The Morgan fingerprint density at radius 2 is 1.34 bits per heavy atom. The maximum atomic E-state index is 13.5. The van der Waals surface area contributed by atoms with Crippen LogP contribution in [0.2, 0.25) is 0 Å². The van der Waals surface area contributed by atoms with Crippen LogP contribution in [-0.2, 0) is 16.1 Å². The summed E-state index contributed by atoms with van der Waals surface area (Å²) < 4.78 is 0. The molecule has 0 saturated heterocycles. The van der Waals surface area contributed by atoms with Crippen LogP contribution in [0.25, 0.3) is 5.57 Å². The summed E-state index contributed by atoms with van der Waals surface area (Å²) in [5.74, 6) is -0.575. The van der Waals surface area contributed by atoms with Gasteiger partial charge in [-0.1, -0.05) is 54.1 Å². The smallest absolute Gasteiger partial charge is 0.278 e. The van der Waals surface area contributed by atoms with Crippen LogP contribution >= 0.6 is 0 Å². The quantitative estimate of drug-likeness (QED) is 0.541. The molecule has 162 valence electrons. The van der Waals surface area contributed by atoms with Crippen LogP contribution in [0.5, 0.6) is 0 Å². The van der Waals surface area contributed by atoms with E-state index < -0.39 is 0 Å². The second kappa shape index (κ2) is 8.46. The van der Waals surface area contributed by atoms with E-state index in [9.17, 15) is 9.59 Å². The minimum absolute atomic E-state index is 0.240. The molecule has 4 heteroatoms. The Bertz CT molecular complexity index is 1230. The lowest BCUT2D eigenvalue weighted by Crippen LogP contribution is -2.32. The molecule has 0 aliphatic carbocycles. The lowest BCUT2D eigenvalue weighted by molar-refractivity contribution is -0.137. The van der Waals surface area contributed by atoms with E-state index in [4.69, 9.17) is 0 Å². The van der Waals surface area contributed by atoms with Crippen molar-refractivity contribution >= 4 is 23.1 Å². The second-order valence-electron chi connectivity index (χ2n) is 8.73. The van der Waals surface area contributed by atoms with E-state index in [2.05, 4.69) is 11.4 Å². The van der Waals surface area contributed by atoms with Gasteiger partial charge in [0.2, 0.25) is 0 Å². The fourth-order valence-corrected chi connectivity index (χ4v) is 4.07. The zero-order valence-electron chi connectivity index (χ0n) is 19.2. The van der Waals surface area contributed by atoms with Crippen LogP contribution in [0.3, 0.4) is 0 Å². The molecule has 32 heavy (non-hydrogen) atoms. The van der Waals surface area contributed by atoms with Gasteiger partial charge < -0.3 is 5.32 Å². The first kappa shape index (κ1) is 21.6. The Hall–Kier alpha value is -3.66. The number of anilines is 1. The summed E-state index contributed by atoms with van der Waals surface area (Å²) in [7, 11) is 0. The van der Waals surface area contributed by atoms with Gasteiger partial charge in [-0.2, -0.15) is 0 Å². The Morgan fingerprint density at radius 1 is 0.688 bits per heavy atom. The molecule has 0 fully saturated rings. The molecule has 4 rings (SSSR count). The van der Waals surface area contributed by atoms with Gasteiger partial charge in [-0.25, -0.2) is 0 Å². The highest BCUT2D eigenvalue weighted by molar-refractivity contribution is 6.36. The summed E-state index contributed by atoms with van der Waals surface area (Å²) >= 11 is 0. The SMILES string of the molecule is Cc1ccc(CN2C(=O)C(Nc3cc(C)cc(C)c3)=C(c3ccc(C)c(C)c3)C2=O)cc1. The number of amides is 2. The fraction of sp³-hybridized carbons (Fsp3) is 0.214. The number of carbonyl (C=O) groups is 2. The number of nitrogens with one attached hydrogen (secondary N) is 1. The van der Waals surface area contributed by atoms with Crippen LogP contribution in [0.1, 0.15) is 38.9 Å². The van der Waals surface area contributed by atoms with Gasteiger partial charge in [0, 0.05) is 5.69 Å². The van der Waals surface area contributed by atoms with Crippen molar-refractivity contribution in [2.45, 2.75) is 41.2 Å². The van der Waals surface area contributed by atoms with Gasteiger partial charge in [0.25, 0.3) is 11.8 Å². The summed E-state index contributed by atoms with van der Waals surface area (Å²) in [6, 6.07) is 19.8.